The van der Waals surface area contributed by atoms with E-state index in [0.29, 0.717) is 13.3 Å². The summed E-state index contributed by atoms with van der Waals surface area (Å²) in [6.45, 7) is 7.14. The molecule has 0 saturated heterocycles. The highest BCUT2D eigenvalue weighted by Gasteiger charge is 2.15. The van der Waals surface area contributed by atoms with Gasteiger partial charge in [-0.25, -0.2) is 0 Å². The molecule has 0 heterocycles. The number of carboxylic acid groups (broad SMARTS) is 2. The number of aliphatic carboxylic acids is 2. The molecule has 0 saturated carbocycles. The summed E-state index contributed by atoms with van der Waals surface area (Å²) in [6.07, 6.45) is 0. The number of nitrogens with zero attached hydrogens (tertiary/aromatic N) is 2. The maximum atomic E-state index is 10.5. The van der Waals surface area contributed by atoms with Crippen molar-refractivity contribution in [2.24, 2.45) is 0 Å². The lowest BCUT2D eigenvalue weighted by molar-refractivity contribution is -0.886. The van der Waals surface area contributed by atoms with Crippen LogP contribution < -0.4 is 20.8 Å². The molecule has 14 heteroatoms. The number of benzene rings is 1. The molecule has 0 bridgehead atoms. The number of carbonyl (C=O) groups excluding carboxylic acids is 4. The molecular formula is C22H40N4O9S. The van der Waals surface area contributed by atoms with Crippen molar-refractivity contribution in [3.05, 3.63) is 30.3 Å². The van der Waals surface area contributed by atoms with Crippen LogP contribution in [0.1, 0.15) is 27.7 Å². The zero-order chi connectivity index (χ0) is 29.2. The molecule has 1 aromatic rings. The Hall–Kier alpha value is -3.07. The van der Waals surface area contributed by atoms with Gasteiger partial charge in [-0.3, -0.25) is 14.1 Å². The van der Waals surface area contributed by atoms with Gasteiger partial charge in [-0.15, -0.1) is 0 Å². The van der Waals surface area contributed by atoms with Gasteiger partial charge in [0.05, 0.1) is 45.0 Å². The molecule has 208 valence electrons. The zero-order valence-electron chi connectivity index (χ0n) is 22.2. The Bertz CT molecular complexity index is 877. The molecule has 0 fully saturated rings. The molecule has 3 N–H and O–H groups in total. The molecule has 0 unspecified atom stereocenters. The Morgan fingerprint density at radius 2 is 1.08 bits per heavy atom. The number of hydrogen-bond acceptors (Lipinski definition) is 8. The molecule has 0 radical (unpaired) electrons. The van der Waals surface area contributed by atoms with E-state index in [2.05, 4.69) is 10.6 Å². The topological polar surface area (TPSA) is 193 Å². The fourth-order valence-electron chi connectivity index (χ4n) is 2.05. The van der Waals surface area contributed by atoms with Gasteiger partial charge < -0.3 is 39.4 Å². The van der Waals surface area contributed by atoms with Crippen molar-refractivity contribution in [2.75, 3.05) is 54.6 Å². The fraction of sp³-hybridized carbons (Fsp3) is 0.545. The molecular weight excluding hydrogens is 496 g/mol. The molecule has 0 aliphatic rings. The molecule has 0 aliphatic heterocycles. The van der Waals surface area contributed by atoms with Crippen LogP contribution in [0.2, 0.25) is 0 Å². The van der Waals surface area contributed by atoms with Crippen molar-refractivity contribution >= 4 is 33.9 Å². The summed E-state index contributed by atoms with van der Waals surface area (Å²) in [6, 6.07) is 7.42. The number of carboxylic acids is 2. The molecule has 36 heavy (non-hydrogen) atoms. The summed E-state index contributed by atoms with van der Waals surface area (Å²) in [5, 5.41) is 25.5. The number of rotatable bonds is 9. The molecule has 13 nitrogen and oxygen atoms in total. The smallest absolute Gasteiger partial charge is 0.294 e. The summed E-state index contributed by atoms with van der Waals surface area (Å²) in [7, 11) is 2.80. The van der Waals surface area contributed by atoms with Crippen molar-refractivity contribution in [1.29, 1.82) is 0 Å². The van der Waals surface area contributed by atoms with Gasteiger partial charge in [0.1, 0.15) is 13.1 Å². The maximum Gasteiger partial charge on any atom is 0.294 e. The Labute approximate surface area is 213 Å². The molecule has 0 spiro atoms. The Morgan fingerprint density at radius 3 is 1.28 bits per heavy atom. The largest absolute Gasteiger partial charge is 0.544 e. The van der Waals surface area contributed by atoms with E-state index >= 15 is 0 Å². The summed E-state index contributed by atoms with van der Waals surface area (Å²) >= 11 is 0. The lowest BCUT2D eigenvalue weighted by Gasteiger charge is -2.29. The Balaban J connectivity index is -0.000000439. The van der Waals surface area contributed by atoms with Gasteiger partial charge in [-0.05, 0) is 12.1 Å². The second-order valence-electron chi connectivity index (χ2n) is 8.50. The van der Waals surface area contributed by atoms with Gasteiger partial charge >= 0.3 is 0 Å². The van der Waals surface area contributed by atoms with Crippen molar-refractivity contribution in [1.82, 2.24) is 10.6 Å². The van der Waals surface area contributed by atoms with E-state index in [1.165, 1.54) is 26.0 Å². The van der Waals surface area contributed by atoms with Gasteiger partial charge in [0.2, 0.25) is 11.8 Å². The molecule has 0 atom stereocenters. The second-order valence-corrected chi connectivity index (χ2v) is 9.92. The Morgan fingerprint density at radius 1 is 0.778 bits per heavy atom. The maximum absolute atomic E-state index is 10.5. The lowest BCUT2D eigenvalue weighted by atomic mass is 10.4. The van der Waals surface area contributed by atoms with E-state index in [4.69, 9.17) is 4.55 Å². The number of likely N-dealkylation sites (N-methyl/N-ethyl adjacent to an activating group) is 2. The quantitative estimate of drug-likeness (QED) is 0.178. The second kappa shape index (κ2) is 18.2. The van der Waals surface area contributed by atoms with Crippen LogP contribution in [0.4, 0.5) is 0 Å². The summed E-state index contributed by atoms with van der Waals surface area (Å²) < 4.78 is 29.6. The average Bonchev–Trinajstić information content (AvgIpc) is 2.72. The number of nitrogens with one attached hydrogen (secondary N) is 2. The van der Waals surface area contributed by atoms with E-state index in [-0.39, 0.29) is 38.8 Å². The lowest BCUT2D eigenvalue weighted by Crippen LogP contribution is -2.53. The third-order valence-electron chi connectivity index (χ3n) is 3.67. The van der Waals surface area contributed by atoms with Crippen LogP contribution in [-0.4, -0.2) is 100 Å². The zero-order valence-corrected chi connectivity index (χ0v) is 23.0. The highest BCUT2D eigenvalue weighted by atomic mass is 32.2. The summed E-state index contributed by atoms with van der Waals surface area (Å²) in [5.41, 5.74) is 0. The van der Waals surface area contributed by atoms with Crippen LogP contribution in [0.25, 0.3) is 0 Å². The van der Waals surface area contributed by atoms with E-state index in [0.717, 1.165) is 0 Å². The number of carbonyl (C=O) groups is 4. The van der Waals surface area contributed by atoms with Crippen LogP contribution in [0.15, 0.2) is 35.2 Å². The molecule has 2 amide bonds. The SMILES string of the molecule is CC.CC(=O)NC[N+](C)(C)CC(=O)[O-].CC(=O)NC[N+](C)(C)CC(=O)[O-].O=S(=O)(O)c1ccccc1. The third kappa shape index (κ3) is 25.6. The van der Waals surface area contributed by atoms with Crippen molar-refractivity contribution < 1.29 is 51.3 Å². The Kier molecular flexibility index (Phi) is 19.0. The fourth-order valence-corrected chi connectivity index (χ4v) is 2.56. The van der Waals surface area contributed by atoms with Crippen LogP contribution in [0.5, 0.6) is 0 Å². The molecule has 1 aromatic carbocycles. The summed E-state index contributed by atoms with van der Waals surface area (Å²) in [5.74, 6) is -2.57. The number of hydrogen-bond donors (Lipinski definition) is 3. The number of quaternary nitrogens is 2. The van der Waals surface area contributed by atoms with Crippen LogP contribution in [0.3, 0.4) is 0 Å². The standard InChI is InChI=1S/2C7H14N2O3.C6H6O3S.C2H6/c2*1-6(10)8-5-9(2,3)4-7(11)12;7-10(8,9)6-4-2-1-3-5-6;1-2/h2*4-5H2,1-3H3,(H-,8,10,11,12);1-5H,(H,7,8,9);1-2H3. The van der Waals surface area contributed by atoms with E-state index in [9.17, 15) is 37.8 Å². The van der Waals surface area contributed by atoms with Crippen LogP contribution in [0, 0.1) is 0 Å². The van der Waals surface area contributed by atoms with E-state index in [1.54, 1.807) is 46.4 Å². The van der Waals surface area contributed by atoms with Crippen LogP contribution in [-0.2, 0) is 29.3 Å². The van der Waals surface area contributed by atoms with Crippen molar-refractivity contribution in [2.45, 2.75) is 32.6 Å². The van der Waals surface area contributed by atoms with Crippen molar-refractivity contribution in [3.8, 4) is 0 Å². The first-order chi connectivity index (χ1) is 16.3. The van der Waals surface area contributed by atoms with E-state index in [1.807, 2.05) is 13.8 Å². The number of amides is 2. The first kappa shape index (κ1) is 37.5. The highest BCUT2D eigenvalue weighted by molar-refractivity contribution is 7.85. The first-order valence-corrected chi connectivity index (χ1v) is 12.3. The average molecular weight is 537 g/mol. The first-order valence-electron chi connectivity index (χ1n) is 10.8. The van der Waals surface area contributed by atoms with Gasteiger partial charge in [0.25, 0.3) is 10.1 Å². The minimum Gasteiger partial charge on any atom is -0.544 e. The molecule has 0 aliphatic carbocycles. The third-order valence-corrected chi connectivity index (χ3v) is 4.54. The monoisotopic (exact) mass is 536 g/mol. The van der Waals surface area contributed by atoms with Gasteiger partial charge in [0, 0.05) is 13.8 Å². The minimum absolute atomic E-state index is 0.0741. The minimum atomic E-state index is -4.00. The summed E-state index contributed by atoms with van der Waals surface area (Å²) in [4.78, 5) is 41.4. The predicted octanol–water partition coefficient (Wildman–Crippen LogP) is -2.23. The predicted molar refractivity (Wildman–Crippen MR) is 129 cm³/mol. The van der Waals surface area contributed by atoms with E-state index < -0.39 is 22.1 Å². The van der Waals surface area contributed by atoms with Gasteiger partial charge in [0.15, 0.2) is 13.3 Å². The van der Waals surface area contributed by atoms with Gasteiger partial charge in [-0.2, -0.15) is 8.42 Å². The normalized spacial score (nSPS) is 10.6. The molecule has 0 aromatic heterocycles. The van der Waals surface area contributed by atoms with Gasteiger partial charge in [-0.1, -0.05) is 32.0 Å². The van der Waals surface area contributed by atoms with Crippen molar-refractivity contribution in [3.63, 3.8) is 0 Å². The van der Waals surface area contributed by atoms with Crippen LogP contribution >= 0.6 is 0 Å². The highest BCUT2D eigenvalue weighted by Crippen LogP contribution is 2.05. The molecule has 1 rings (SSSR count).